The van der Waals surface area contributed by atoms with E-state index in [4.69, 9.17) is 4.74 Å². The van der Waals surface area contributed by atoms with E-state index in [1.165, 1.54) is 12.1 Å². The third-order valence-electron chi connectivity index (χ3n) is 5.16. The summed E-state index contributed by atoms with van der Waals surface area (Å²) in [6.45, 7) is 5.58. The third-order valence-corrected chi connectivity index (χ3v) is 5.16. The molecule has 4 rings (SSSR count). The first-order valence-electron chi connectivity index (χ1n) is 9.25. The second-order valence-corrected chi connectivity index (χ2v) is 7.15. The maximum atomic E-state index is 13.4. The number of imidazole rings is 1. The Morgan fingerprint density at radius 1 is 1.12 bits per heavy atom. The second kappa shape index (κ2) is 7.72. The number of nitrogens with one attached hydrogen (secondary N) is 1. The summed E-state index contributed by atoms with van der Waals surface area (Å²) in [5, 5.41) is 3.05. The highest BCUT2D eigenvalue weighted by Crippen LogP contribution is 2.24. The third kappa shape index (κ3) is 4.04. The minimum atomic E-state index is -0.599. The lowest BCUT2D eigenvalue weighted by Gasteiger charge is -2.28. The molecular weight excluding hydrogens is 338 g/mol. The first-order chi connectivity index (χ1) is 12.7. The molecule has 5 nitrogen and oxygen atoms in total. The second-order valence-electron chi connectivity index (χ2n) is 7.15. The Kier molecular flexibility index (Phi) is 5.17. The Morgan fingerprint density at radius 2 is 1.88 bits per heavy atom. The van der Waals surface area contributed by atoms with Gasteiger partial charge < -0.3 is 14.6 Å². The number of aromatic nitrogens is 2. The Morgan fingerprint density at radius 3 is 2.65 bits per heavy atom. The number of hydrogen-bond donors (Lipinski definition) is 1. The molecule has 26 heavy (non-hydrogen) atoms. The van der Waals surface area contributed by atoms with Gasteiger partial charge in [0.05, 0.1) is 11.9 Å². The number of halogens is 2. The van der Waals surface area contributed by atoms with Crippen LogP contribution in [-0.2, 0) is 17.8 Å². The lowest BCUT2D eigenvalue weighted by molar-refractivity contribution is 0.0516. The highest BCUT2D eigenvalue weighted by atomic mass is 19.1. The van der Waals surface area contributed by atoms with Crippen molar-refractivity contribution in [1.82, 2.24) is 14.5 Å². The molecule has 0 aliphatic carbocycles. The molecule has 2 aliphatic rings. The van der Waals surface area contributed by atoms with Crippen LogP contribution in [0.2, 0.25) is 0 Å². The van der Waals surface area contributed by atoms with Crippen molar-refractivity contribution in [3.63, 3.8) is 0 Å². The Balaban J connectivity index is 1.46. The Bertz CT molecular complexity index is 738. The molecule has 1 fully saturated rings. The molecule has 7 heteroatoms. The van der Waals surface area contributed by atoms with Crippen LogP contribution in [0.4, 0.5) is 20.4 Å². The van der Waals surface area contributed by atoms with Crippen LogP contribution in [0.25, 0.3) is 0 Å². The molecule has 0 unspecified atom stereocenters. The number of ether oxygens (including phenoxy) is 1. The molecule has 0 saturated carbocycles. The number of nitrogens with zero attached hydrogens (tertiary/aromatic N) is 3. The van der Waals surface area contributed by atoms with Gasteiger partial charge in [-0.2, -0.15) is 0 Å². The van der Waals surface area contributed by atoms with Gasteiger partial charge in [-0.15, -0.1) is 0 Å². The van der Waals surface area contributed by atoms with Crippen molar-refractivity contribution in [3.8, 4) is 0 Å². The van der Waals surface area contributed by atoms with Crippen LogP contribution in [0.5, 0.6) is 0 Å². The molecule has 1 saturated heterocycles. The summed E-state index contributed by atoms with van der Waals surface area (Å²) in [5.41, 5.74) is 1.51. The van der Waals surface area contributed by atoms with E-state index in [1.807, 2.05) is 6.20 Å². The van der Waals surface area contributed by atoms with Gasteiger partial charge in [0.2, 0.25) is 5.95 Å². The Hall–Kier alpha value is -1.99. The summed E-state index contributed by atoms with van der Waals surface area (Å²) in [5.74, 6) is 0.138. The summed E-state index contributed by atoms with van der Waals surface area (Å²) in [7, 11) is 0. The zero-order valence-corrected chi connectivity index (χ0v) is 14.8. The predicted molar refractivity (Wildman–Crippen MR) is 95.3 cm³/mol. The van der Waals surface area contributed by atoms with Gasteiger partial charge in [-0.25, -0.2) is 13.8 Å². The lowest BCUT2D eigenvalue weighted by atomic mass is 9.99. The highest BCUT2D eigenvalue weighted by molar-refractivity contribution is 5.54. The van der Waals surface area contributed by atoms with Crippen LogP contribution in [0.1, 0.15) is 25.0 Å². The van der Waals surface area contributed by atoms with Crippen molar-refractivity contribution < 1.29 is 13.5 Å². The smallest absolute Gasteiger partial charge is 0.207 e. The molecule has 3 heterocycles. The molecule has 2 aliphatic heterocycles. The number of benzene rings is 1. The normalized spacial score (nSPS) is 19.2. The van der Waals surface area contributed by atoms with Gasteiger partial charge in [-0.1, -0.05) is 0 Å². The molecule has 0 amide bonds. The van der Waals surface area contributed by atoms with E-state index >= 15 is 0 Å². The first kappa shape index (κ1) is 17.4. The SMILES string of the molecule is Fc1cc(F)cc(Nc2ncc3n2CCCN(CC2CCOCC2)C3)c1. The van der Waals surface area contributed by atoms with Gasteiger partial charge in [-0.05, 0) is 37.3 Å². The van der Waals surface area contributed by atoms with Crippen molar-refractivity contribution in [2.45, 2.75) is 32.4 Å². The van der Waals surface area contributed by atoms with Crippen LogP contribution in [0, 0.1) is 17.6 Å². The van der Waals surface area contributed by atoms with Gasteiger partial charge in [0.15, 0.2) is 0 Å². The van der Waals surface area contributed by atoms with Crippen LogP contribution in [0.15, 0.2) is 24.4 Å². The van der Waals surface area contributed by atoms with E-state index in [0.29, 0.717) is 17.6 Å². The van der Waals surface area contributed by atoms with Crippen molar-refractivity contribution in [1.29, 1.82) is 0 Å². The Labute approximate surface area is 152 Å². The van der Waals surface area contributed by atoms with Gasteiger partial charge >= 0.3 is 0 Å². The summed E-state index contributed by atoms with van der Waals surface area (Å²) in [6, 6.07) is 3.42. The summed E-state index contributed by atoms with van der Waals surface area (Å²) < 4.78 is 34.4. The van der Waals surface area contributed by atoms with E-state index in [-0.39, 0.29) is 0 Å². The monoisotopic (exact) mass is 362 g/mol. The van der Waals surface area contributed by atoms with Gasteiger partial charge in [0.1, 0.15) is 11.6 Å². The minimum Gasteiger partial charge on any atom is -0.381 e. The highest BCUT2D eigenvalue weighted by Gasteiger charge is 2.22. The molecule has 1 N–H and O–H groups in total. The molecular formula is C19H24F2N4O. The minimum absolute atomic E-state index is 0.374. The van der Waals surface area contributed by atoms with Crippen LogP contribution in [0.3, 0.4) is 0 Å². The lowest BCUT2D eigenvalue weighted by Crippen LogP contribution is -2.32. The zero-order chi connectivity index (χ0) is 17.9. The predicted octanol–water partition coefficient (Wildman–Crippen LogP) is 3.54. The molecule has 1 aromatic carbocycles. The summed E-state index contributed by atoms with van der Waals surface area (Å²) in [4.78, 5) is 6.92. The zero-order valence-electron chi connectivity index (χ0n) is 14.8. The fraction of sp³-hybridized carbons (Fsp3) is 0.526. The average Bonchev–Trinajstić information content (AvgIpc) is 2.85. The summed E-state index contributed by atoms with van der Waals surface area (Å²) in [6.07, 6.45) is 5.15. The molecule has 1 aromatic heterocycles. The van der Waals surface area contributed by atoms with Crippen molar-refractivity contribution >= 4 is 11.6 Å². The first-order valence-corrected chi connectivity index (χ1v) is 9.25. The van der Waals surface area contributed by atoms with Gasteiger partial charge in [-0.3, -0.25) is 4.90 Å². The van der Waals surface area contributed by atoms with Crippen LogP contribution >= 0.6 is 0 Å². The van der Waals surface area contributed by atoms with Crippen LogP contribution < -0.4 is 5.32 Å². The van der Waals surface area contributed by atoms with E-state index in [1.54, 1.807) is 0 Å². The van der Waals surface area contributed by atoms with Crippen LogP contribution in [-0.4, -0.2) is 40.8 Å². The van der Waals surface area contributed by atoms with Crippen molar-refractivity contribution in [2.75, 3.05) is 31.6 Å². The number of anilines is 2. The quantitative estimate of drug-likeness (QED) is 0.903. The van der Waals surface area contributed by atoms with Gasteiger partial charge in [0, 0.05) is 51.1 Å². The van der Waals surface area contributed by atoms with E-state index in [0.717, 1.165) is 70.4 Å². The largest absolute Gasteiger partial charge is 0.381 e. The van der Waals surface area contributed by atoms with E-state index in [2.05, 4.69) is 19.8 Å². The molecule has 0 bridgehead atoms. The number of rotatable bonds is 4. The molecule has 0 spiro atoms. The summed E-state index contributed by atoms with van der Waals surface area (Å²) >= 11 is 0. The molecule has 0 atom stereocenters. The fourth-order valence-electron chi connectivity index (χ4n) is 3.85. The number of hydrogen-bond acceptors (Lipinski definition) is 4. The molecule has 140 valence electrons. The average molecular weight is 362 g/mol. The maximum Gasteiger partial charge on any atom is 0.207 e. The molecule has 0 radical (unpaired) electrons. The van der Waals surface area contributed by atoms with E-state index in [9.17, 15) is 8.78 Å². The van der Waals surface area contributed by atoms with Gasteiger partial charge in [0.25, 0.3) is 0 Å². The van der Waals surface area contributed by atoms with E-state index < -0.39 is 11.6 Å². The number of fused-ring (bicyclic) bond motifs is 1. The maximum absolute atomic E-state index is 13.4. The standard InChI is InChI=1S/C19H24F2N4O/c20-15-8-16(21)10-17(9-15)23-19-22-11-18-13-24(4-1-5-25(18)19)12-14-2-6-26-7-3-14/h8-11,14H,1-7,12-13H2,(H,22,23). The van der Waals surface area contributed by atoms with Crippen molar-refractivity contribution in [2.24, 2.45) is 5.92 Å². The molecule has 2 aromatic rings. The topological polar surface area (TPSA) is 42.3 Å². The fourth-order valence-corrected chi connectivity index (χ4v) is 3.85. The van der Waals surface area contributed by atoms with Crippen molar-refractivity contribution in [3.05, 3.63) is 41.7 Å².